The SMILES string of the molecule is Cc1ccccc1-c1cc(Cl)cc2c(CCCOc3cccc4ccccc34)c(C(=O)O)[nH]c12. The van der Waals surface area contributed by atoms with Crippen LogP contribution >= 0.6 is 11.6 Å². The summed E-state index contributed by atoms with van der Waals surface area (Å²) in [6, 6.07) is 25.9. The first kappa shape index (κ1) is 22.1. The Morgan fingerprint density at radius 2 is 1.71 bits per heavy atom. The van der Waals surface area contributed by atoms with Crippen LogP contribution < -0.4 is 4.74 Å². The minimum absolute atomic E-state index is 0.206. The number of aromatic nitrogens is 1. The molecular formula is C29H24ClNO3. The van der Waals surface area contributed by atoms with Crippen LogP contribution in [0.5, 0.6) is 5.75 Å². The van der Waals surface area contributed by atoms with Crippen LogP contribution in [0.4, 0.5) is 0 Å². The van der Waals surface area contributed by atoms with E-state index in [-0.39, 0.29) is 5.69 Å². The Labute approximate surface area is 202 Å². The summed E-state index contributed by atoms with van der Waals surface area (Å²) in [7, 11) is 0. The van der Waals surface area contributed by atoms with Crippen LogP contribution in [-0.4, -0.2) is 22.7 Å². The number of aryl methyl sites for hydroxylation is 2. The largest absolute Gasteiger partial charge is 0.493 e. The first-order chi connectivity index (χ1) is 16.5. The Morgan fingerprint density at radius 3 is 2.53 bits per heavy atom. The van der Waals surface area contributed by atoms with Crippen molar-refractivity contribution in [3.8, 4) is 16.9 Å². The van der Waals surface area contributed by atoms with Crippen molar-refractivity contribution in [3.05, 3.63) is 101 Å². The van der Waals surface area contributed by atoms with Crippen molar-refractivity contribution in [2.24, 2.45) is 0 Å². The third-order valence-corrected chi connectivity index (χ3v) is 6.43. The number of aromatic carboxylic acids is 1. The molecule has 0 aliphatic rings. The summed E-state index contributed by atoms with van der Waals surface area (Å²) >= 11 is 6.50. The molecule has 0 atom stereocenters. The summed E-state index contributed by atoms with van der Waals surface area (Å²) in [5, 5.41) is 13.5. The number of hydrogen-bond acceptors (Lipinski definition) is 2. The highest BCUT2D eigenvalue weighted by Gasteiger charge is 2.20. The van der Waals surface area contributed by atoms with Gasteiger partial charge in [-0.15, -0.1) is 0 Å². The van der Waals surface area contributed by atoms with Crippen molar-refractivity contribution in [2.45, 2.75) is 19.8 Å². The number of aromatic amines is 1. The van der Waals surface area contributed by atoms with Crippen LogP contribution in [0, 0.1) is 6.92 Å². The van der Waals surface area contributed by atoms with Gasteiger partial charge >= 0.3 is 5.97 Å². The Bertz CT molecular complexity index is 1510. The molecule has 0 radical (unpaired) electrons. The number of carboxylic acid groups (broad SMARTS) is 1. The third-order valence-electron chi connectivity index (χ3n) is 6.21. The molecule has 0 bridgehead atoms. The lowest BCUT2D eigenvalue weighted by Gasteiger charge is -2.10. The Hall–Kier alpha value is -3.76. The molecule has 0 aliphatic heterocycles. The molecule has 0 aliphatic carbocycles. The standard InChI is InChI=1S/C29H24ClNO3/c1-18-8-2-4-11-21(18)24-16-20(30)17-25-23(28(29(32)33)31-27(24)25)13-7-15-34-26-14-6-10-19-9-3-5-12-22(19)26/h2-6,8-12,14,16-17,31H,7,13,15H2,1H3,(H,32,33). The lowest BCUT2D eigenvalue weighted by atomic mass is 9.97. The Balaban J connectivity index is 1.45. The molecule has 1 aromatic heterocycles. The minimum atomic E-state index is -0.979. The van der Waals surface area contributed by atoms with Crippen molar-refractivity contribution < 1.29 is 14.6 Å². The van der Waals surface area contributed by atoms with Gasteiger partial charge in [0.2, 0.25) is 0 Å². The minimum Gasteiger partial charge on any atom is -0.493 e. The summed E-state index contributed by atoms with van der Waals surface area (Å²) < 4.78 is 6.08. The van der Waals surface area contributed by atoms with Crippen LogP contribution in [0.3, 0.4) is 0 Å². The molecule has 4 nitrogen and oxygen atoms in total. The number of rotatable bonds is 7. The first-order valence-electron chi connectivity index (χ1n) is 11.3. The summed E-state index contributed by atoms with van der Waals surface area (Å²) in [5.41, 5.74) is 4.78. The third kappa shape index (κ3) is 4.13. The van der Waals surface area contributed by atoms with Crippen LogP contribution in [0.1, 0.15) is 28.0 Å². The monoisotopic (exact) mass is 469 g/mol. The molecule has 0 saturated carbocycles. The highest BCUT2D eigenvalue weighted by Crippen LogP contribution is 2.36. The van der Waals surface area contributed by atoms with Gasteiger partial charge in [-0.25, -0.2) is 4.79 Å². The average Bonchev–Trinajstić information content (AvgIpc) is 3.20. The van der Waals surface area contributed by atoms with Gasteiger partial charge in [0.1, 0.15) is 11.4 Å². The number of ether oxygens (including phenoxy) is 1. The Morgan fingerprint density at radius 1 is 0.941 bits per heavy atom. The van der Waals surface area contributed by atoms with Gasteiger partial charge in [-0.3, -0.25) is 0 Å². The second kappa shape index (κ2) is 9.24. The summed E-state index contributed by atoms with van der Waals surface area (Å²) in [5.74, 6) is -0.145. The number of nitrogens with one attached hydrogen (secondary N) is 1. The topological polar surface area (TPSA) is 62.3 Å². The Kier molecular flexibility index (Phi) is 5.99. The van der Waals surface area contributed by atoms with E-state index in [4.69, 9.17) is 16.3 Å². The van der Waals surface area contributed by atoms with Crippen LogP contribution in [0.2, 0.25) is 5.02 Å². The molecule has 170 valence electrons. The number of halogens is 1. The quantitative estimate of drug-likeness (QED) is 0.240. The first-order valence-corrected chi connectivity index (χ1v) is 11.6. The fourth-order valence-corrected chi connectivity index (χ4v) is 4.82. The molecule has 2 N–H and O–H groups in total. The molecule has 34 heavy (non-hydrogen) atoms. The second-order valence-electron chi connectivity index (χ2n) is 8.40. The fourth-order valence-electron chi connectivity index (χ4n) is 4.60. The van der Waals surface area contributed by atoms with E-state index in [1.165, 1.54) is 0 Å². The lowest BCUT2D eigenvalue weighted by molar-refractivity contribution is 0.0690. The predicted octanol–water partition coefficient (Wildman–Crippen LogP) is 7.66. The zero-order valence-electron chi connectivity index (χ0n) is 18.8. The van der Waals surface area contributed by atoms with E-state index in [9.17, 15) is 9.90 Å². The zero-order chi connectivity index (χ0) is 23.7. The van der Waals surface area contributed by atoms with Crippen molar-refractivity contribution in [3.63, 3.8) is 0 Å². The molecule has 0 saturated heterocycles. The van der Waals surface area contributed by atoms with Crippen molar-refractivity contribution in [2.75, 3.05) is 6.61 Å². The van der Waals surface area contributed by atoms with Gasteiger partial charge in [-0.2, -0.15) is 0 Å². The normalized spacial score (nSPS) is 11.2. The molecule has 5 heteroatoms. The summed E-state index contributed by atoms with van der Waals surface area (Å²) in [6.07, 6.45) is 1.22. The maximum atomic E-state index is 12.1. The van der Waals surface area contributed by atoms with E-state index in [2.05, 4.69) is 17.1 Å². The van der Waals surface area contributed by atoms with Gasteiger partial charge in [0, 0.05) is 21.4 Å². The number of fused-ring (bicyclic) bond motifs is 2. The molecule has 5 rings (SSSR count). The molecule has 0 unspecified atom stereocenters. The van der Waals surface area contributed by atoms with E-state index >= 15 is 0 Å². The number of carbonyl (C=O) groups is 1. The molecule has 0 fully saturated rings. The number of hydrogen-bond donors (Lipinski definition) is 2. The highest BCUT2D eigenvalue weighted by molar-refractivity contribution is 6.32. The maximum Gasteiger partial charge on any atom is 0.352 e. The molecule has 1 heterocycles. The van der Waals surface area contributed by atoms with Gasteiger partial charge in [-0.1, -0.05) is 72.3 Å². The van der Waals surface area contributed by atoms with Crippen LogP contribution in [-0.2, 0) is 6.42 Å². The smallest absolute Gasteiger partial charge is 0.352 e. The molecular weight excluding hydrogens is 446 g/mol. The fraction of sp³-hybridized carbons (Fsp3) is 0.138. The summed E-state index contributed by atoms with van der Waals surface area (Å²) in [4.78, 5) is 15.3. The number of carboxylic acids is 1. The predicted molar refractivity (Wildman–Crippen MR) is 138 cm³/mol. The second-order valence-corrected chi connectivity index (χ2v) is 8.84. The highest BCUT2D eigenvalue weighted by atomic mass is 35.5. The van der Waals surface area contributed by atoms with Crippen LogP contribution in [0.25, 0.3) is 32.8 Å². The molecule has 0 amide bonds. The van der Waals surface area contributed by atoms with Gasteiger partial charge in [-0.05, 0) is 60.0 Å². The van der Waals surface area contributed by atoms with Crippen molar-refractivity contribution in [1.82, 2.24) is 4.98 Å². The van der Waals surface area contributed by atoms with E-state index in [0.717, 1.165) is 49.7 Å². The van der Waals surface area contributed by atoms with Crippen molar-refractivity contribution in [1.29, 1.82) is 0 Å². The van der Waals surface area contributed by atoms with Crippen LogP contribution in [0.15, 0.2) is 78.9 Å². The molecule has 0 spiro atoms. The average molecular weight is 470 g/mol. The number of H-pyrrole nitrogens is 1. The summed E-state index contributed by atoms with van der Waals surface area (Å²) in [6.45, 7) is 2.51. The molecule has 4 aromatic carbocycles. The van der Waals surface area contributed by atoms with Gasteiger partial charge in [0.05, 0.1) is 12.1 Å². The van der Waals surface area contributed by atoms with Gasteiger partial charge in [0.25, 0.3) is 0 Å². The molecule has 5 aromatic rings. The zero-order valence-corrected chi connectivity index (χ0v) is 19.5. The lowest BCUT2D eigenvalue weighted by Crippen LogP contribution is -2.04. The maximum absolute atomic E-state index is 12.1. The number of benzene rings is 4. The van der Waals surface area contributed by atoms with E-state index in [1.54, 1.807) is 0 Å². The van der Waals surface area contributed by atoms with Gasteiger partial charge in [0.15, 0.2) is 0 Å². The van der Waals surface area contributed by atoms with E-state index in [1.807, 2.05) is 73.7 Å². The van der Waals surface area contributed by atoms with E-state index < -0.39 is 5.97 Å². The van der Waals surface area contributed by atoms with E-state index in [0.29, 0.717) is 24.5 Å². The van der Waals surface area contributed by atoms with Gasteiger partial charge < -0.3 is 14.8 Å². The van der Waals surface area contributed by atoms with Crippen molar-refractivity contribution >= 4 is 39.2 Å².